The predicted octanol–water partition coefficient (Wildman–Crippen LogP) is 1.14. The number of nitrogens with two attached hydrogens (primary N) is 1. The minimum atomic E-state index is -0.119. The van der Waals surface area contributed by atoms with E-state index in [9.17, 15) is 4.79 Å². The van der Waals surface area contributed by atoms with Crippen molar-refractivity contribution in [3.63, 3.8) is 0 Å². The van der Waals surface area contributed by atoms with Crippen molar-refractivity contribution in [1.29, 1.82) is 0 Å². The van der Waals surface area contributed by atoms with E-state index in [1.165, 1.54) is 0 Å². The maximum atomic E-state index is 11.8. The zero-order valence-corrected chi connectivity index (χ0v) is 12.1. The van der Waals surface area contributed by atoms with Gasteiger partial charge >= 0.3 is 0 Å². The van der Waals surface area contributed by atoms with E-state index in [2.05, 4.69) is 26.2 Å². The molecular formula is C12H15BrN4O2. The fraction of sp³-hybridized carbons (Fsp3) is 0.333. The zero-order chi connectivity index (χ0) is 13.8. The minimum absolute atomic E-state index is 0.119. The highest BCUT2D eigenvalue weighted by Gasteiger charge is 2.11. The number of nitrogens with one attached hydrogen (secondary N) is 1. The van der Waals surface area contributed by atoms with Crippen LogP contribution in [0.2, 0.25) is 0 Å². The van der Waals surface area contributed by atoms with Gasteiger partial charge in [-0.15, -0.1) is 0 Å². The highest BCUT2D eigenvalue weighted by atomic mass is 79.9. The van der Waals surface area contributed by atoms with Crippen molar-refractivity contribution < 1.29 is 9.53 Å². The number of hydrogen-bond donors (Lipinski definition) is 2. The van der Waals surface area contributed by atoms with E-state index in [1.54, 1.807) is 11.7 Å². The lowest BCUT2D eigenvalue weighted by Gasteiger charge is -2.07. The Hall–Kier alpha value is -1.60. The minimum Gasteiger partial charge on any atom is -0.383 e. The average molecular weight is 327 g/mol. The largest absolute Gasteiger partial charge is 0.383 e. The number of carbonyl (C=O) groups is 1. The average Bonchev–Trinajstić information content (AvgIpc) is 2.65. The van der Waals surface area contributed by atoms with Gasteiger partial charge in [-0.2, -0.15) is 0 Å². The fourth-order valence-corrected chi connectivity index (χ4v) is 2.13. The van der Waals surface area contributed by atoms with Gasteiger partial charge in [-0.3, -0.25) is 4.79 Å². The second-order valence-corrected chi connectivity index (χ2v) is 4.95. The van der Waals surface area contributed by atoms with Crippen LogP contribution in [0.4, 0.5) is 5.95 Å². The number of imidazole rings is 1. The number of amides is 1. The molecule has 1 amide bonds. The Labute approximate surface area is 119 Å². The monoisotopic (exact) mass is 326 g/mol. The third-order valence-electron chi connectivity index (χ3n) is 2.67. The molecule has 2 aromatic rings. The molecule has 0 aliphatic carbocycles. The van der Waals surface area contributed by atoms with Crippen molar-refractivity contribution in [2.24, 2.45) is 0 Å². The topological polar surface area (TPSA) is 82.2 Å². The number of hydrogen-bond acceptors (Lipinski definition) is 4. The zero-order valence-electron chi connectivity index (χ0n) is 10.5. The summed E-state index contributed by atoms with van der Waals surface area (Å²) in [6.45, 7) is 1.11. The molecular weight excluding hydrogens is 312 g/mol. The first-order valence-electron chi connectivity index (χ1n) is 5.78. The summed E-state index contributed by atoms with van der Waals surface area (Å²) in [4.78, 5) is 16.0. The van der Waals surface area contributed by atoms with Crippen molar-refractivity contribution in [3.05, 3.63) is 22.7 Å². The molecule has 0 aliphatic rings. The van der Waals surface area contributed by atoms with Crippen LogP contribution in [0.15, 0.2) is 22.7 Å². The third-order valence-corrected chi connectivity index (χ3v) is 3.16. The molecule has 1 heterocycles. The molecule has 1 aromatic carbocycles. The summed E-state index contributed by atoms with van der Waals surface area (Å²) < 4.78 is 7.48. The fourth-order valence-electron chi connectivity index (χ4n) is 1.78. The lowest BCUT2D eigenvalue weighted by atomic mass is 10.3. The summed E-state index contributed by atoms with van der Waals surface area (Å²) >= 11 is 3.38. The van der Waals surface area contributed by atoms with E-state index in [4.69, 9.17) is 10.5 Å². The molecule has 0 unspecified atom stereocenters. The van der Waals surface area contributed by atoms with Gasteiger partial charge in [-0.1, -0.05) is 15.9 Å². The Kier molecular flexibility index (Phi) is 4.39. The van der Waals surface area contributed by atoms with Gasteiger partial charge in [0.25, 0.3) is 0 Å². The maximum Gasteiger partial charge on any atom is 0.240 e. The molecule has 3 N–H and O–H groups in total. The van der Waals surface area contributed by atoms with E-state index in [-0.39, 0.29) is 12.5 Å². The molecule has 19 heavy (non-hydrogen) atoms. The van der Waals surface area contributed by atoms with Crippen molar-refractivity contribution in [1.82, 2.24) is 14.9 Å². The molecule has 0 bridgehead atoms. The summed E-state index contributed by atoms with van der Waals surface area (Å²) in [5.41, 5.74) is 7.43. The van der Waals surface area contributed by atoms with Gasteiger partial charge in [-0.25, -0.2) is 4.98 Å². The van der Waals surface area contributed by atoms with Crippen LogP contribution >= 0.6 is 15.9 Å². The number of anilines is 1. The third kappa shape index (κ3) is 3.24. The van der Waals surface area contributed by atoms with E-state index in [1.807, 2.05) is 18.2 Å². The first-order chi connectivity index (χ1) is 9.11. The first-order valence-corrected chi connectivity index (χ1v) is 6.58. The van der Waals surface area contributed by atoms with Gasteiger partial charge < -0.3 is 20.4 Å². The van der Waals surface area contributed by atoms with E-state index in [0.29, 0.717) is 19.1 Å². The van der Waals surface area contributed by atoms with Crippen LogP contribution in [0, 0.1) is 0 Å². The van der Waals surface area contributed by atoms with E-state index >= 15 is 0 Å². The number of benzene rings is 1. The molecule has 7 heteroatoms. The summed E-state index contributed by atoms with van der Waals surface area (Å²) in [6, 6.07) is 5.64. The number of nitrogens with zero attached hydrogens (tertiary/aromatic N) is 2. The number of rotatable bonds is 5. The van der Waals surface area contributed by atoms with Crippen LogP contribution < -0.4 is 11.1 Å². The summed E-state index contributed by atoms with van der Waals surface area (Å²) in [5.74, 6) is 0.209. The molecule has 0 spiro atoms. The normalized spacial score (nSPS) is 10.8. The highest BCUT2D eigenvalue weighted by Crippen LogP contribution is 2.21. The smallest absolute Gasteiger partial charge is 0.240 e. The van der Waals surface area contributed by atoms with Gasteiger partial charge in [0.2, 0.25) is 11.9 Å². The number of fused-ring (bicyclic) bond motifs is 1. The molecule has 0 radical (unpaired) electrons. The Morgan fingerprint density at radius 3 is 3.11 bits per heavy atom. The van der Waals surface area contributed by atoms with Gasteiger partial charge in [-0.05, 0) is 18.2 Å². The second-order valence-electron chi connectivity index (χ2n) is 4.03. The number of methoxy groups -OCH3 is 1. The molecule has 102 valence electrons. The Bertz CT molecular complexity index is 597. The highest BCUT2D eigenvalue weighted by molar-refractivity contribution is 9.10. The van der Waals surface area contributed by atoms with Gasteiger partial charge in [0.1, 0.15) is 6.54 Å². The van der Waals surface area contributed by atoms with Gasteiger partial charge in [0.05, 0.1) is 17.6 Å². The number of carbonyl (C=O) groups excluding carboxylic acids is 1. The van der Waals surface area contributed by atoms with Gasteiger partial charge in [0.15, 0.2) is 0 Å². The number of ether oxygens (including phenoxy) is 1. The lowest BCUT2D eigenvalue weighted by Crippen LogP contribution is -2.30. The Morgan fingerprint density at radius 1 is 1.58 bits per heavy atom. The van der Waals surface area contributed by atoms with Crippen molar-refractivity contribution in [3.8, 4) is 0 Å². The van der Waals surface area contributed by atoms with Crippen molar-refractivity contribution in [2.45, 2.75) is 6.54 Å². The van der Waals surface area contributed by atoms with Gasteiger partial charge in [0, 0.05) is 18.1 Å². The number of aromatic nitrogens is 2. The standard InChI is InChI=1S/C12H15BrN4O2/c1-19-5-4-15-11(18)7-17-10-3-2-8(13)6-9(10)16-12(17)14/h2-3,6H,4-5,7H2,1H3,(H2,14,16)(H,15,18). The molecule has 0 fully saturated rings. The number of nitrogen functional groups attached to an aromatic ring is 1. The first kappa shape index (κ1) is 13.8. The van der Waals surface area contributed by atoms with Crippen LogP contribution in [0.3, 0.4) is 0 Å². The van der Waals surface area contributed by atoms with Crippen LogP contribution in [0.5, 0.6) is 0 Å². The summed E-state index contributed by atoms with van der Waals surface area (Å²) in [7, 11) is 1.59. The SMILES string of the molecule is COCCNC(=O)Cn1c(N)nc2cc(Br)ccc21. The van der Waals surface area contributed by atoms with E-state index < -0.39 is 0 Å². The van der Waals surface area contributed by atoms with Crippen LogP contribution in [-0.2, 0) is 16.1 Å². The molecule has 0 aliphatic heterocycles. The number of halogens is 1. The van der Waals surface area contributed by atoms with Crippen LogP contribution in [0.1, 0.15) is 0 Å². The summed E-state index contributed by atoms with van der Waals surface area (Å²) in [5, 5.41) is 2.75. The lowest BCUT2D eigenvalue weighted by molar-refractivity contribution is -0.121. The van der Waals surface area contributed by atoms with Crippen LogP contribution in [0.25, 0.3) is 11.0 Å². The van der Waals surface area contributed by atoms with Crippen molar-refractivity contribution in [2.75, 3.05) is 26.0 Å². The maximum absolute atomic E-state index is 11.8. The molecule has 1 aromatic heterocycles. The Balaban J connectivity index is 2.16. The Morgan fingerprint density at radius 2 is 2.37 bits per heavy atom. The molecule has 2 rings (SSSR count). The summed E-state index contributed by atoms with van der Waals surface area (Å²) in [6.07, 6.45) is 0. The molecule has 0 saturated carbocycles. The van der Waals surface area contributed by atoms with E-state index in [0.717, 1.165) is 15.5 Å². The van der Waals surface area contributed by atoms with Crippen molar-refractivity contribution >= 4 is 38.8 Å². The molecule has 0 saturated heterocycles. The van der Waals surface area contributed by atoms with Crippen LogP contribution in [-0.4, -0.2) is 35.7 Å². The predicted molar refractivity (Wildman–Crippen MR) is 76.7 cm³/mol. The molecule has 6 nitrogen and oxygen atoms in total. The quantitative estimate of drug-likeness (QED) is 0.807. The molecule has 0 atom stereocenters. The second kappa shape index (κ2) is 6.03.